The average molecular weight is 354 g/mol. The van der Waals surface area contributed by atoms with E-state index >= 15 is 0 Å². The number of rotatable bonds is 5. The Morgan fingerprint density at radius 2 is 2.00 bits per heavy atom. The number of aryl methyl sites for hydroxylation is 2. The molecule has 0 atom stereocenters. The second-order valence-electron chi connectivity index (χ2n) is 7.52. The van der Waals surface area contributed by atoms with E-state index < -0.39 is 11.5 Å². The number of nitrogens with zero attached hydrogens (tertiary/aromatic N) is 3. The van der Waals surface area contributed by atoms with Crippen LogP contribution in [0.2, 0.25) is 0 Å². The van der Waals surface area contributed by atoms with Crippen molar-refractivity contribution >= 4 is 5.91 Å². The summed E-state index contributed by atoms with van der Waals surface area (Å²) in [6, 6.07) is 7.92. The molecule has 138 valence electrons. The summed E-state index contributed by atoms with van der Waals surface area (Å²) < 4.78 is 1.57. The maximum atomic E-state index is 12.7. The van der Waals surface area contributed by atoms with Crippen LogP contribution in [0.4, 0.5) is 0 Å². The molecule has 0 aliphatic rings. The van der Waals surface area contributed by atoms with Crippen molar-refractivity contribution in [3.63, 3.8) is 0 Å². The molecule has 2 aromatic rings. The fourth-order valence-corrected chi connectivity index (χ4v) is 2.60. The van der Waals surface area contributed by atoms with Crippen molar-refractivity contribution in [1.82, 2.24) is 15.1 Å². The summed E-state index contributed by atoms with van der Waals surface area (Å²) in [6.07, 6.45) is 0. The predicted octanol–water partition coefficient (Wildman–Crippen LogP) is 3.12. The number of nitriles is 1. The molecule has 1 amide bonds. The minimum Gasteiger partial charge on any atom is -0.389 e. The van der Waals surface area contributed by atoms with Crippen LogP contribution in [0, 0.1) is 25.2 Å². The highest BCUT2D eigenvalue weighted by Gasteiger charge is 2.27. The number of nitrogens with one attached hydrogen (secondary N) is 1. The van der Waals surface area contributed by atoms with Crippen LogP contribution in [0.15, 0.2) is 18.2 Å². The topological polar surface area (TPSA) is 90.9 Å². The second kappa shape index (κ2) is 7.30. The Morgan fingerprint density at radius 3 is 2.50 bits per heavy atom. The highest BCUT2D eigenvalue weighted by atomic mass is 16.3. The number of benzene rings is 1. The lowest BCUT2D eigenvalue weighted by Gasteiger charge is -2.18. The van der Waals surface area contributed by atoms with E-state index in [4.69, 9.17) is 0 Å². The van der Waals surface area contributed by atoms with Gasteiger partial charge in [0.05, 0.1) is 5.60 Å². The summed E-state index contributed by atoms with van der Waals surface area (Å²) in [5, 5.41) is 26.8. The Morgan fingerprint density at radius 1 is 1.35 bits per heavy atom. The summed E-state index contributed by atoms with van der Waals surface area (Å²) in [7, 11) is 0. The SMILES string of the molecule is Cc1ccc(-c2nn(C(C)C)c(C(=O)NCC(C)(C)O)c2C#N)cc1C. The zero-order valence-electron chi connectivity index (χ0n) is 16.2. The van der Waals surface area contributed by atoms with Gasteiger partial charge in [0.25, 0.3) is 5.91 Å². The second-order valence-corrected chi connectivity index (χ2v) is 7.52. The number of aromatic nitrogens is 2. The Balaban J connectivity index is 2.57. The van der Waals surface area contributed by atoms with Crippen LogP contribution in [-0.4, -0.2) is 32.9 Å². The molecule has 1 aromatic carbocycles. The highest BCUT2D eigenvalue weighted by molar-refractivity contribution is 5.97. The minimum absolute atomic E-state index is 0.0823. The van der Waals surface area contributed by atoms with Gasteiger partial charge < -0.3 is 10.4 Å². The van der Waals surface area contributed by atoms with Crippen molar-refractivity contribution in [1.29, 1.82) is 5.26 Å². The van der Waals surface area contributed by atoms with E-state index in [0.29, 0.717) is 5.69 Å². The van der Waals surface area contributed by atoms with Crippen molar-refractivity contribution in [3.8, 4) is 17.3 Å². The third-order valence-corrected chi connectivity index (χ3v) is 4.19. The van der Waals surface area contributed by atoms with Gasteiger partial charge in [-0.3, -0.25) is 9.48 Å². The Bertz CT molecular complexity index is 867. The van der Waals surface area contributed by atoms with E-state index in [9.17, 15) is 15.2 Å². The molecule has 1 heterocycles. The average Bonchev–Trinajstić information content (AvgIpc) is 2.94. The molecule has 6 heteroatoms. The van der Waals surface area contributed by atoms with Gasteiger partial charge >= 0.3 is 0 Å². The van der Waals surface area contributed by atoms with Gasteiger partial charge in [-0.25, -0.2) is 0 Å². The van der Waals surface area contributed by atoms with Crippen molar-refractivity contribution in [2.75, 3.05) is 6.54 Å². The van der Waals surface area contributed by atoms with E-state index in [-0.39, 0.29) is 23.8 Å². The van der Waals surface area contributed by atoms with Crippen LogP contribution < -0.4 is 5.32 Å². The van der Waals surface area contributed by atoms with Gasteiger partial charge in [0, 0.05) is 18.2 Å². The van der Waals surface area contributed by atoms with Crippen LogP contribution in [0.5, 0.6) is 0 Å². The number of carbonyl (C=O) groups excluding carboxylic acids is 1. The molecular weight excluding hydrogens is 328 g/mol. The van der Waals surface area contributed by atoms with Gasteiger partial charge in [-0.05, 0) is 58.7 Å². The molecule has 0 aliphatic heterocycles. The first kappa shape index (κ1) is 19.7. The van der Waals surface area contributed by atoms with Gasteiger partial charge in [-0.1, -0.05) is 12.1 Å². The third-order valence-electron chi connectivity index (χ3n) is 4.19. The van der Waals surface area contributed by atoms with Gasteiger partial charge in [0.1, 0.15) is 23.0 Å². The lowest BCUT2D eigenvalue weighted by molar-refractivity contribution is 0.0688. The number of hydrogen-bond acceptors (Lipinski definition) is 4. The lowest BCUT2D eigenvalue weighted by Crippen LogP contribution is -2.39. The maximum absolute atomic E-state index is 12.7. The number of carbonyl (C=O) groups is 1. The van der Waals surface area contributed by atoms with Crippen LogP contribution in [0.3, 0.4) is 0 Å². The summed E-state index contributed by atoms with van der Waals surface area (Å²) in [5.74, 6) is -0.417. The number of amides is 1. The molecule has 2 N–H and O–H groups in total. The Kier molecular flexibility index (Phi) is 5.53. The molecule has 0 bridgehead atoms. The first-order chi connectivity index (χ1) is 12.0. The minimum atomic E-state index is -1.04. The van der Waals surface area contributed by atoms with Gasteiger partial charge in [0.2, 0.25) is 0 Å². The molecule has 6 nitrogen and oxygen atoms in total. The fraction of sp³-hybridized carbons (Fsp3) is 0.450. The molecule has 0 fully saturated rings. The molecule has 0 saturated carbocycles. The van der Waals surface area contributed by atoms with Crippen molar-refractivity contribution in [2.45, 2.75) is 53.2 Å². The van der Waals surface area contributed by atoms with E-state index in [0.717, 1.165) is 16.7 Å². The molecule has 0 saturated heterocycles. The monoisotopic (exact) mass is 354 g/mol. The molecular formula is C20H26N4O2. The van der Waals surface area contributed by atoms with Crippen LogP contribution in [-0.2, 0) is 0 Å². The summed E-state index contributed by atoms with van der Waals surface area (Å²) in [5.41, 5.74) is 2.98. The zero-order valence-corrected chi connectivity index (χ0v) is 16.2. The van der Waals surface area contributed by atoms with Crippen molar-refractivity contribution < 1.29 is 9.90 Å². The molecule has 2 rings (SSSR count). The standard InChI is InChI=1S/C20H26N4O2/c1-12(2)24-18(19(25)22-11-20(5,6)26)16(10-21)17(23-24)15-8-7-13(3)14(4)9-15/h7-9,12,26H,11H2,1-6H3,(H,22,25). The molecule has 0 aliphatic carbocycles. The van der Waals surface area contributed by atoms with Crippen molar-refractivity contribution in [3.05, 3.63) is 40.6 Å². The van der Waals surface area contributed by atoms with E-state index in [1.54, 1.807) is 18.5 Å². The normalized spacial score (nSPS) is 11.5. The van der Waals surface area contributed by atoms with Gasteiger partial charge in [-0.2, -0.15) is 10.4 Å². The number of aliphatic hydroxyl groups is 1. The summed E-state index contributed by atoms with van der Waals surface area (Å²) >= 11 is 0. The third kappa shape index (κ3) is 4.12. The molecule has 0 unspecified atom stereocenters. The Hall–Kier alpha value is -2.65. The van der Waals surface area contributed by atoms with E-state index in [1.165, 1.54) is 0 Å². The zero-order chi connectivity index (χ0) is 19.6. The first-order valence-corrected chi connectivity index (χ1v) is 8.66. The van der Waals surface area contributed by atoms with Crippen LogP contribution in [0.25, 0.3) is 11.3 Å². The fourth-order valence-electron chi connectivity index (χ4n) is 2.60. The van der Waals surface area contributed by atoms with Crippen molar-refractivity contribution in [2.24, 2.45) is 0 Å². The lowest BCUT2D eigenvalue weighted by atomic mass is 10.0. The van der Waals surface area contributed by atoms with E-state index in [1.807, 2.05) is 45.9 Å². The quantitative estimate of drug-likeness (QED) is 0.863. The molecule has 0 spiro atoms. The van der Waals surface area contributed by atoms with Gasteiger partial charge in [0.15, 0.2) is 0 Å². The van der Waals surface area contributed by atoms with Crippen LogP contribution >= 0.6 is 0 Å². The Labute approximate surface area is 154 Å². The first-order valence-electron chi connectivity index (χ1n) is 8.66. The number of hydrogen-bond donors (Lipinski definition) is 2. The predicted molar refractivity (Wildman–Crippen MR) is 101 cm³/mol. The van der Waals surface area contributed by atoms with Crippen LogP contribution in [0.1, 0.15) is 60.9 Å². The highest BCUT2D eigenvalue weighted by Crippen LogP contribution is 2.28. The van der Waals surface area contributed by atoms with E-state index in [2.05, 4.69) is 16.5 Å². The molecule has 1 aromatic heterocycles. The summed E-state index contributed by atoms with van der Waals surface area (Å²) in [6.45, 7) is 11.1. The largest absolute Gasteiger partial charge is 0.389 e. The molecule has 26 heavy (non-hydrogen) atoms. The molecule has 0 radical (unpaired) electrons. The summed E-state index contributed by atoms with van der Waals surface area (Å²) in [4.78, 5) is 12.7. The maximum Gasteiger partial charge on any atom is 0.271 e. The van der Waals surface area contributed by atoms with Gasteiger partial charge in [-0.15, -0.1) is 0 Å². The smallest absolute Gasteiger partial charge is 0.271 e.